The fourth-order valence-electron chi connectivity index (χ4n) is 3.80. The van der Waals surface area contributed by atoms with Gasteiger partial charge in [0, 0.05) is 40.3 Å². The maximum atomic E-state index is 13.5. The van der Waals surface area contributed by atoms with Crippen molar-refractivity contribution in [1.82, 2.24) is 14.3 Å². The van der Waals surface area contributed by atoms with Crippen LogP contribution in [0.25, 0.3) is 27.2 Å². The molecule has 3 heterocycles. The van der Waals surface area contributed by atoms with Crippen molar-refractivity contribution in [2.24, 2.45) is 0 Å². The monoisotopic (exact) mass is 423 g/mol. The topological polar surface area (TPSA) is 64.0 Å². The van der Waals surface area contributed by atoms with Crippen LogP contribution in [0, 0.1) is 0 Å². The zero-order valence-corrected chi connectivity index (χ0v) is 17.0. The summed E-state index contributed by atoms with van der Waals surface area (Å²) in [5.74, 6) is 0. The van der Waals surface area contributed by atoms with Crippen LogP contribution in [0.4, 0.5) is 0 Å². The molecule has 0 fully saturated rings. The van der Waals surface area contributed by atoms with E-state index in [4.69, 9.17) is 11.6 Å². The van der Waals surface area contributed by atoms with Crippen LogP contribution in [0.2, 0.25) is 5.02 Å². The summed E-state index contributed by atoms with van der Waals surface area (Å²) in [5, 5.41) is 6.39. The van der Waals surface area contributed by atoms with Gasteiger partial charge in [-0.1, -0.05) is 48.0 Å². The standard InChI is InChI=1S/C22H18ClN3O2S/c23-18-5-6-19-20(15-7-9-24-10-8-15)14-26(21(19)12-18)29(27,28)22-11-16-3-1-2-4-17(16)13-25-22/h1-7,11-14,24H,8-10H2. The first kappa shape index (κ1) is 18.4. The van der Waals surface area contributed by atoms with Crippen molar-refractivity contribution in [3.8, 4) is 0 Å². The molecule has 0 radical (unpaired) electrons. The summed E-state index contributed by atoms with van der Waals surface area (Å²) in [5.41, 5.74) is 2.61. The minimum atomic E-state index is -3.89. The fraction of sp³-hybridized carbons (Fsp3) is 0.136. The Labute approximate surface area is 173 Å². The highest BCUT2D eigenvalue weighted by atomic mass is 35.5. The summed E-state index contributed by atoms with van der Waals surface area (Å²) in [7, 11) is -3.89. The van der Waals surface area contributed by atoms with E-state index in [1.54, 1.807) is 30.6 Å². The second-order valence-corrected chi connectivity index (χ2v) is 9.26. The Balaban J connectivity index is 1.74. The van der Waals surface area contributed by atoms with Crippen molar-refractivity contribution in [2.45, 2.75) is 11.4 Å². The van der Waals surface area contributed by atoms with Gasteiger partial charge in [-0.2, -0.15) is 8.42 Å². The molecule has 0 amide bonds. The molecule has 29 heavy (non-hydrogen) atoms. The molecule has 5 nitrogen and oxygen atoms in total. The van der Waals surface area contributed by atoms with Gasteiger partial charge in [-0.05, 0) is 42.1 Å². The van der Waals surface area contributed by atoms with Gasteiger partial charge in [-0.3, -0.25) is 0 Å². The van der Waals surface area contributed by atoms with E-state index < -0.39 is 10.0 Å². The zero-order valence-electron chi connectivity index (χ0n) is 15.5. The van der Waals surface area contributed by atoms with E-state index in [9.17, 15) is 8.42 Å². The van der Waals surface area contributed by atoms with Crippen LogP contribution < -0.4 is 5.32 Å². The quantitative estimate of drug-likeness (QED) is 0.528. The van der Waals surface area contributed by atoms with E-state index in [0.29, 0.717) is 10.5 Å². The van der Waals surface area contributed by atoms with Gasteiger partial charge in [-0.25, -0.2) is 8.96 Å². The van der Waals surface area contributed by atoms with Gasteiger partial charge in [-0.15, -0.1) is 0 Å². The predicted octanol–water partition coefficient (Wildman–Crippen LogP) is 4.46. The predicted molar refractivity (Wildman–Crippen MR) is 117 cm³/mol. The van der Waals surface area contributed by atoms with Gasteiger partial charge in [0.15, 0.2) is 5.03 Å². The molecule has 0 aliphatic carbocycles. The number of rotatable bonds is 3. The summed E-state index contributed by atoms with van der Waals surface area (Å²) in [6.45, 7) is 1.64. The van der Waals surface area contributed by atoms with E-state index in [1.165, 1.54) is 3.97 Å². The Morgan fingerprint density at radius 3 is 2.69 bits per heavy atom. The second kappa shape index (κ2) is 6.99. The molecule has 5 rings (SSSR count). The number of benzene rings is 2. The third-order valence-corrected chi connectivity index (χ3v) is 7.08. The van der Waals surface area contributed by atoms with Crippen molar-refractivity contribution >= 4 is 48.9 Å². The molecular weight excluding hydrogens is 406 g/mol. The Morgan fingerprint density at radius 2 is 1.90 bits per heavy atom. The van der Waals surface area contributed by atoms with Crippen molar-refractivity contribution in [3.63, 3.8) is 0 Å². The van der Waals surface area contributed by atoms with E-state index in [-0.39, 0.29) is 5.03 Å². The maximum absolute atomic E-state index is 13.5. The van der Waals surface area contributed by atoms with Crippen molar-refractivity contribution in [3.05, 3.63) is 77.6 Å². The molecule has 2 aromatic heterocycles. The molecule has 0 atom stereocenters. The van der Waals surface area contributed by atoms with E-state index in [1.807, 2.05) is 30.3 Å². The SMILES string of the molecule is O=S(=O)(c1cc2ccccc2cn1)n1cc(C2=CCNCC2)c2ccc(Cl)cc21. The number of aromatic nitrogens is 2. The first-order valence-corrected chi connectivity index (χ1v) is 11.2. The largest absolute Gasteiger partial charge is 0.313 e. The van der Waals surface area contributed by atoms with Gasteiger partial charge in [0.25, 0.3) is 10.0 Å². The smallest absolute Gasteiger partial charge is 0.285 e. The van der Waals surface area contributed by atoms with Crippen LogP contribution in [-0.4, -0.2) is 30.5 Å². The number of fused-ring (bicyclic) bond motifs is 2. The Morgan fingerprint density at radius 1 is 1.07 bits per heavy atom. The van der Waals surface area contributed by atoms with Gasteiger partial charge < -0.3 is 5.32 Å². The molecular formula is C22H18ClN3O2S. The number of nitrogens with zero attached hydrogens (tertiary/aromatic N) is 2. The molecule has 1 aliphatic rings. The first-order chi connectivity index (χ1) is 14.0. The molecule has 0 saturated heterocycles. The van der Waals surface area contributed by atoms with Crippen LogP contribution in [0.3, 0.4) is 0 Å². The van der Waals surface area contributed by atoms with Crippen molar-refractivity contribution in [1.29, 1.82) is 0 Å². The molecule has 7 heteroatoms. The van der Waals surface area contributed by atoms with E-state index in [2.05, 4.69) is 16.4 Å². The van der Waals surface area contributed by atoms with E-state index >= 15 is 0 Å². The number of hydrogen-bond acceptors (Lipinski definition) is 4. The first-order valence-electron chi connectivity index (χ1n) is 9.35. The zero-order chi connectivity index (χ0) is 20.0. The fourth-order valence-corrected chi connectivity index (χ4v) is 5.28. The van der Waals surface area contributed by atoms with Crippen molar-refractivity contribution in [2.75, 3.05) is 13.1 Å². The lowest BCUT2D eigenvalue weighted by Gasteiger charge is -2.13. The lowest BCUT2D eigenvalue weighted by molar-refractivity contribution is 0.585. The van der Waals surface area contributed by atoms with Crippen molar-refractivity contribution < 1.29 is 8.42 Å². The number of nitrogens with one attached hydrogen (secondary N) is 1. The molecule has 0 bridgehead atoms. The minimum Gasteiger partial charge on any atom is -0.313 e. The molecule has 0 unspecified atom stereocenters. The lowest BCUT2D eigenvalue weighted by Crippen LogP contribution is -2.20. The molecule has 146 valence electrons. The second-order valence-electron chi connectivity index (χ2n) is 7.06. The summed E-state index contributed by atoms with van der Waals surface area (Å²) in [4.78, 5) is 4.24. The Bertz CT molecular complexity index is 1390. The van der Waals surface area contributed by atoms with Crippen LogP contribution in [0.1, 0.15) is 12.0 Å². The highest BCUT2D eigenvalue weighted by Gasteiger charge is 2.24. The van der Waals surface area contributed by atoms with Gasteiger partial charge in [0.05, 0.1) is 5.52 Å². The van der Waals surface area contributed by atoms with Gasteiger partial charge >= 0.3 is 0 Å². The van der Waals surface area contributed by atoms with Crippen LogP contribution in [0.5, 0.6) is 0 Å². The van der Waals surface area contributed by atoms with Crippen LogP contribution in [-0.2, 0) is 10.0 Å². The summed E-state index contributed by atoms with van der Waals surface area (Å²) >= 11 is 6.21. The molecule has 4 aromatic rings. The summed E-state index contributed by atoms with van der Waals surface area (Å²) < 4.78 is 28.4. The lowest BCUT2D eigenvalue weighted by atomic mass is 10.00. The molecule has 1 aliphatic heterocycles. The average molecular weight is 424 g/mol. The Hall–Kier alpha value is -2.67. The highest BCUT2D eigenvalue weighted by Crippen LogP contribution is 2.33. The normalized spacial score (nSPS) is 15.0. The minimum absolute atomic E-state index is 0.0129. The van der Waals surface area contributed by atoms with Gasteiger partial charge in [0.1, 0.15) is 0 Å². The Kier molecular flexibility index (Phi) is 4.42. The average Bonchev–Trinajstić information content (AvgIpc) is 3.13. The van der Waals surface area contributed by atoms with Gasteiger partial charge in [0.2, 0.25) is 0 Å². The highest BCUT2D eigenvalue weighted by molar-refractivity contribution is 7.90. The summed E-state index contributed by atoms with van der Waals surface area (Å²) in [6, 6.07) is 14.6. The number of hydrogen-bond donors (Lipinski definition) is 1. The number of pyridine rings is 1. The van der Waals surface area contributed by atoms with Crippen LogP contribution >= 0.6 is 11.6 Å². The number of halogens is 1. The molecule has 2 aromatic carbocycles. The molecule has 0 spiro atoms. The third-order valence-electron chi connectivity index (χ3n) is 5.27. The van der Waals surface area contributed by atoms with E-state index in [0.717, 1.165) is 46.8 Å². The third kappa shape index (κ3) is 3.13. The molecule has 1 N–H and O–H groups in total. The summed E-state index contributed by atoms with van der Waals surface area (Å²) in [6.07, 6.45) is 6.25. The molecule has 0 saturated carbocycles. The maximum Gasteiger partial charge on any atom is 0.285 e. The van der Waals surface area contributed by atoms with Crippen LogP contribution in [0.15, 0.2) is 72.0 Å².